The van der Waals surface area contributed by atoms with Gasteiger partial charge in [-0.25, -0.2) is 13.8 Å². The van der Waals surface area contributed by atoms with Crippen molar-refractivity contribution in [1.29, 1.82) is 0 Å². The third-order valence-corrected chi connectivity index (χ3v) is 3.16. The minimum Gasteiger partial charge on any atom is -0.368 e. The first kappa shape index (κ1) is 12.8. The number of halogens is 2. The molecule has 2 aromatic heterocycles. The molecule has 0 fully saturated rings. The number of rotatable bonds is 5. The van der Waals surface area contributed by atoms with Gasteiger partial charge in [0.1, 0.15) is 0 Å². The van der Waals surface area contributed by atoms with Crippen LogP contribution >= 0.6 is 11.3 Å². The minimum absolute atomic E-state index is 0.0563. The monoisotopic (exact) mass is 269 g/mol. The first-order valence-corrected chi connectivity index (χ1v) is 6.45. The molecule has 0 saturated carbocycles. The Morgan fingerprint density at radius 3 is 2.56 bits per heavy atom. The molecule has 0 radical (unpaired) electrons. The summed E-state index contributed by atoms with van der Waals surface area (Å²) in [4.78, 5) is 4.95. The van der Waals surface area contributed by atoms with Crippen molar-refractivity contribution in [2.45, 2.75) is 13.5 Å². The molecule has 0 aliphatic carbocycles. The van der Waals surface area contributed by atoms with Crippen LogP contribution in [0.15, 0.2) is 23.6 Å². The van der Waals surface area contributed by atoms with Crippen molar-refractivity contribution >= 4 is 23.0 Å². The van der Waals surface area contributed by atoms with Crippen LogP contribution in [0.5, 0.6) is 0 Å². The fourth-order valence-electron chi connectivity index (χ4n) is 1.47. The maximum atomic E-state index is 13.5. The minimum atomic E-state index is -0.689. The van der Waals surface area contributed by atoms with Crippen molar-refractivity contribution in [3.05, 3.63) is 40.1 Å². The van der Waals surface area contributed by atoms with Crippen molar-refractivity contribution in [2.24, 2.45) is 0 Å². The Labute approximate surface area is 108 Å². The zero-order chi connectivity index (χ0) is 13.0. The lowest BCUT2D eigenvalue weighted by molar-refractivity contribution is 0.578. The molecule has 0 atom stereocenters. The Hall–Kier alpha value is -1.69. The quantitative estimate of drug-likeness (QED) is 0.872. The maximum Gasteiger partial charge on any atom is 0.168 e. The molecule has 0 aliphatic heterocycles. The van der Waals surface area contributed by atoms with E-state index in [-0.39, 0.29) is 11.6 Å². The average molecular weight is 269 g/mol. The van der Waals surface area contributed by atoms with E-state index >= 15 is 0 Å². The lowest BCUT2D eigenvalue weighted by Crippen LogP contribution is -2.08. The molecule has 2 aromatic rings. The van der Waals surface area contributed by atoms with E-state index in [1.807, 2.05) is 24.4 Å². The smallest absolute Gasteiger partial charge is 0.168 e. The third-order valence-electron chi connectivity index (χ3n) is 2.28. The fraction of sp³-hybridized carbons (Fsp3) is 0.250. The zero-order valence-electron chi connectivity index (χ0n) is 9.84. The average Bonchev–Trinajstić information content (AvgIpc) is 2.84. The molecule has 3 nitrogen and oxygen atoms in total. The van der Waals surface area contributed by atoms with Crippen LogP contribution in [0.4, 0.5) is 20.4 Å². The van der Waals surface area contributed by atoms with Crippen LogP contribution in [0, 0.1) is 11.6 Å². The van der Waals surface area contributed by atoms with Gasteiger partial charge in [0.15, 0.2) is 23.3 Å². The van der Waals surface area contributed by atoms with E-state index in [9.17, 15) is 8.78 Å². The third kappa shape index (κ3) is 2.95. The second-order valence-corrected chi connectivity index (χ2v) is 4.64. The highest BCUT2D eigenvalue weighted by molar-refractivity contribution is 7.09. The summed E-state index contributed by atoms with van der Waals surface area (Å²) in [5.41, 5.74) is 0. The van der Waals surface area contributed by atoms with Crippen LogP contribution in [0.25, 0.3) is 0 Å². The molecule has 0 bridgehead atoms. The largest absolute Gasteiger partial charge is 0.368 e. The number of nitrogens with zero attached hydrogens (tertiary/aromatic N) is 1. The molecule has 0 aromatic carbocycles. The van der Waals surface area contributed by atoms with Gasteiger partial charge in [-0.3, -0.25) is 0 Å². The summed E-state index contributed by atoms with van der Waals surface area (Å²) in [6, 6.07) is 4.69. The number of aromatic nitrogens is 1. The van der Waals surface area contributed by atoms with Gasteiger partial charge in [-0.2, -0.15) is 0 Å². The number of pyridine rings is 1. The normalized spacial score (nSPS) is 10.4. The Kier molecular flexibility index (Phi) is 4.09. The molecule has 0 amide bonds. The van der Waals surface area contributed by atoms with Crippen molar-refractivity contribution in [3.8, 4) is 0 Å². The van der Waals surface area contributed by atoms with Gasteiger partial charge >= 0.3 is 0 Å². The molecule has 2 N–H and O–H groups in total. The summed E-state index contributed by atoms with van der Waals surface area (Å²) in [5.74, 6) is -1.25. The predicted molar refractivity (Wildman–Crippen MR) is 70.0 cm³/mol. The number of hydrogen-bond donors (Lipinski definition) is 2. The van der Waals surface area contributed by atoms with Crippen molar-refractivity contribution in [1.82, 2.24) is 4.98 Å². The highest BCUT2D eigenvalue weighted by Crippen LogP contribution is 2.20. The van der Waals surface area contributed by atoms with Crippen molar-refractivity contribution in [2.75, 3.05) is 17.2 Å². The van der Waals surface area contributed by atoms with Crippen LogP contribution in [-0.2, 0) is 6.54 Å². The lowest BCUT2D eigenvalue weighted by Gasteiger charge is -2.09. The standard InChI is InChI=1S/C12H13F2N3S/c1-2-15-11-9(13)6-10(14)12(17-11)16-7-8-4-3-5-18-8/h3-6H,2,7H2,1H3,(H2,15,16,17). The van der Waals surface area contributed by atoms with Gasteiger partial charge < -0.3 is 10.6 Å². The molecule has 96 valence electrons. The predicted octanol–water partition coefficient (Wildman–Crippen LogP) is 3.47. The molecule has 0 spiro atoms. The summed E-state index contributed by atoms with van der Waals surface area (Å²) in [5, 5.41) is 7.55. The van der Waals surface area contributed by atoms with E-state index in [1.54, 1.807) is 11.3 Å². The van der Waals surface area contributed by atoms with E-state index < -0.39 is 11.6 Å². The molecule has 2 rings (SSSR count). The molecule has 0 saturated heterocycles. The summed E-state index contributed by atoms with van der Waals surface area (Å²) >= 11 is 1.56. The highest BCUT2D eigenvalue weighted by atomic mass is 32.1. The highest BCUT2D eigenvalue weighted by Gasteiger charge is 2.11. The van der Waals surface area contributed by atoms with Crippen LogP contribution in [0.2, 0.25) is 0 Å². The topological polar surface area (TPSA) is 37.0 Å². The molecule has 0 unspecified atom stereocenters. The van der Waals surface area contributed by atoms with E-state index in [4.69, 9.17) is 0 Å². The van der Waals surface area contributed by atoms with Crippen LogP contribution in [0.1, 0.15) is 11.8 Å². The first-order chi connectivity index (χ1) is 8.70. The van der Waals surface area contributed by atoms with Crippen molar-refractivity contribution in [3.63, 3.8) is 0 Å². The van der Waals surface area contributed by atoms with Gasteiger partial charge in [-0.05, 0) is 18.4 Å². The number of hydrogen-bond acceptors (Lipinski definition) is 4. The summed E-state index contributed by atoms with van der Waals surface area (Å²) < 4.78 is 26.9. The molecular weight excluding hydrogens is 256 g/mol. The number of anilines is 2. The van der Waals surface area contributed by atoms with Gasteiger partial charge in [-0.1, -0.05) is 6.07 Å². The molecular formula is C12H13F2N3S. The summed E-state index contributed by atoms with van der Waals surface area (Å²) in [7, 11) is 0. The second kappa shape index (κ2) is 5.77. The molecule has 6 heteroatoms. The summed E-state index contributed by atoms with van der Waals surface area (Å²) in [6.45, 7) is 2.82. The SMILES string of the molecule is CCNc1nc(NCc2cccs2)c(F)cc1F. The molecule has 0 aliphatic rings. The second-order valence-electron chi connectivity index (χ2n) is 3.61. The lowest BCUT2D eigenvalue weighted by atomic mass is 10.3. The molecule has 2 heterocycles. The van der Waals surface area contributed by atoms with E-state index in [0.29, 0.717) is 13.1 Å². The Morgan fingerprint density at radius 2 is 1.94 bits per heavy atom. The van der Waals surface area contributed by atoms with Crippen LogP contribution < -0.4 is 10.6 Å². The van der Waals surface area contributed by atoms with Gasteiger partial charge in [0.05, 0.1) is 6.54 Å². The number of thiophene rings is 1. The zero-order valence-corrected chi connectivity index (χ0v) is 10.7. The van der Waals surface area contributed by atoms with Gasteiger partial charge in [0.2, 0.25) is 0 Å². The van der Waals surface area contributed by atoms with Crippen molar-refractivity contribution < 1.29 is 8.78 Å². The maximum absolute atomic E-state index is 13.5. The van der Waals surface area contributed by atoms with Crippen LogP contribution in [0.3, 0.4) is 0 Å². The van der Waals surface area contributed by atoms with Gasteiger partial charge in [0, 0.05) is 17.5 Å². The van der Waals surface area contributed by atoms with Gasteiger partial charge in [-0.15, -0.1) is 11.3 Å². The first-order valence-electron chi connectivity index (χ1n) is 5.57. The Morgan fingerprint density at radius 1 is 1.22 bits per heavy atom. The van der Waals surface area contributed by atoms with E-state index in [0.717, 1.165) is 10.9 Å². The fourth-order valence-corrected chi connectivity index (χ4v) is 2.11. The Bertz CT molecular complexity index is 514. The Balaban J connectivity index is 2.13. The van der Waals surface area contributed by atoms with E-state index in [2.05, 4.69) is 15.6 Å². The van der Waals surface area contributed by atoms with E-state index in [1.165, 1.54) is 0 Å². The number of nitrogens with one attached hydrogen (secondary N) is 2. The van der Waals surface area contributed by atoms with Gasteiger partial charge in [0.25, 0.3) is 0 Å². The summed E-state index contributed by atoms with van der Waals surface area (Å²) in [6.07, 6.45) is 0. The van der Waals surface area contributed by atoms with Crippen LogP contribution in [-0.4, -0.2) is 11.5 Å². The molecule has 18 heavy (non-hydrogen) atoms.